The summed E-state index contributed by atoms with van der Waals surface area (Å²) in [6.45, 7) is 1.58. The predicted molar refractivity (Wildman–Crippen MR) is 62.6 cm³/mol. The number of anilines is 1. The molecule has 0 spiro atoms. The number of H-pyrrole nitrogens is 1. The summed E-state index contributed by atoms with van der Waals surface area (Å²) >= 11 is 1.27. The second-order valence-corrected chi connectivity index (χ2v) is 4.26. The van der Waals surface area contributed by atoms with Gasteiger partial charge in [-0.2, -0.15) is 5.10 Å². The highest BCUT2D eigenvalue weighted by Gasteiger charge is 2.19. The third-order valence-corrected chi connectivity index (χ3v) is 3.01. The van der Waals surface area contributed by atoms with E-state index >= 15 is 0 Å². The number of thiophene rings is 1. The number of carboxylic acid groups (broad SMARTS) is 1. The Labute approximate surface area is 100 Å². The fraction of sp³-hybridized carbons (Fsp3) is 0.100. The van der Waals surface area contributed by atoms with Gasteiger partial charge in [0.15, 0.2) is 5.82 Å². The first kappa shape index (κ1) is 11.3. The number of hydrogen-bond donors (Lipinski definition) is 3. The molecule has 0 radical (unpaired) electrons. The smallest absolute Gasteiger partial charge is 0.341 e. The molecule has 0 aliphatic heterocycles. The van der Waals surface area contributed by atoms with E-state index in [9.17, 15) is 9.59 Å². The molecule has 6 nitrogen and oxygen atoms in total. The van der Waals surface area contributed by atoms with E-state index in [4.69, 9.17) is 5.11 Å². The van der Waals surface area contributed by atoms with Gasteiger partial charge in [-0.15, -0.1) is 11.3 Å². The highest BCUT2D eigenvalue weighted by Crippen LogP contribution is 2.18. The van der Waals surface area contributed by atoms with E-state index in [1.165, 1.54) is 11.3 Å². The summed E-state index contributed by atoms with van der Waals surface area (Å²) in [5.41, 5.74) is 0.383. The zero-order valence-corrected chi connectivity index (χ0v) is 9.67. The van der Waals surface area contributed by atoms with Crippen molar-refractivity contribution in [1.29, 1.82) is 0 Å². The number of aryl methyl sites for hydroxylation is 1. The Morgan fingerprint density at radius 1 is 1.53 bits per heavy atom. The number of nitrogens with zero attached hydrogens (tertiary/aromatic N) is 1. The van der Waals surface area contributed by atoms with Crippen LogP contribution in [0.1, 0.15) is 25.7 Å². The van der Waals surface area contributed by atoms with Crippen LogP contribution >= 0.6 is 11.3 Å². The van der Waals surface area contributed by atoms with Gasteiger partial charge < -0.3 is 10.4 Å². The van der Waals surface area contributed by atoms with Gasteiger partial charge in [0, 0.05) is 5.69 Å². The van der Waals surface area contributed by atoms with Crippen molar-refractivity contribution in [2.24, 2.45) is 0 Å². The summed E-state index contributed by atoms with van der Waals surface area (Å²) in [6, 6.07) is 3.40. The van der Waals surface area contributed by atoms with Crippen molar-refractivity contribution in [3.8, 4) is 0 Å². The van der Waals surface area contributed by atoms with Gasteiger partial charge in [-0.05, 0) is 18.4 Å². The van der Waals surface area contributed by atoms with Crippen molar-refractivity contribution in [1.82, 2.24) is 10.2 Å². The highest BCUT2D eigenvalue weighted by molar-refractivity contribution is 7.12. The number of carbonyl (C=O) groups is 2. The molecule has 0 saturated carbocycles. The average Bonchev–Trinajstić information content (AvgIpc) is 2.87. The molecule has 0 fully saturated rings. The summed E-state index contributed by atoms with van der Waals surface area (Å²) in [5, 5.41) is 19.5. The van der Waals surface area contributed by atoms with Gasteiger partial charge in [-0.3, -0.25) is 9.89 Å². The van der Waals surface area contributed by atoms with E-state index in [1.807, 2.05) is 0 Å². The first-order valence-corrected chi connectivity index (χ1v) is 5.60. The van der Waals surface area contributed by atoms with Crippen LogP contribution in [-0.2, 0) is 0 Å². The fourth-order valence-electron chi connectivity index (χ4n) is 1.36. The molecule has 0 bridgehead atoms. The Hall–Kier alpha value is -2.15. The minimum absolute atomic E-state index is 0.0186. The van der Waals surface area contributed by atoms with Crippen LogP contribution in [0, 0.1) is 6.92 Å². The molecule has 2 aromatic rings. The van der Waals surface area contributed by atoms with Crippen LogP contribution in [0.25, 0.3) is 0 Å². The minimum atomic E-state index is -1.13. The van der Waals surface area contributed by atoms with Gasteiger partial charge in [-0.25, -0.2) is 4.79 Å². The van der Waals surface area contributed by atoms with Crippen molar-refractivity contribution >= 4 is 29.0 Å². The highest BCUT2D eigenvalue weighted by atomic mass is 32.1. The molecule has 3 N–H and O–H groups in total. The number of carboxylic acids is 1. The topological polar surface area (TPSA) is 95.1 Å². The van der Waals surface area contributed by atoms with Gasteiger partial charge in [0.25, 0.3) is 5.91 Å². The fourth-order valence-corrected chi connectivity index (χ4v) is 1.98. The Bertz CT molecular complexity index is 559. The molecule has 1 amide bonds. The first-order chi connectivity index (χ1) is 8.09. The predicted octanol–water partition coefficient (Wildman–Crippen LogP) is 1.73. The number of aromatic carboxylic acids is 1. The van der Waals surface area contributed by atoms with E-state index < -0.39 is 5.97 Å². The Balaban J connectivity index is 2.25. The van der Waals surface area contributed by atoms with E-state index in [2.05, 4.69) is 15.5 Å². The molecule has 0 saturated heterocycles. The summed E-state index contributed by atoms with van der Waals surface area (Å²) in [5.74, 6) is -1.46. The minimum Gasteiger partial charge on any atom is -0.477 e. The van der Waals surface area contributed by atoms with E-state index in [0.29, 0.717) is 10.6 Å². The first-order valence-electron chi connectivity index (χ1n) is 4.72. The molecule has 2 rings (SSSR count). The Morgan fingerprint density at radius 3 is 2.88 bits per heavy atom. The molecule has 2 heterocycles. The molecular weight excluding hydrogens is 242 g/mol. The number of hydrogen-bond acceptors (Lipinski definition) is 4. The standard InChI is InChI=1S/C10H9N3O3S/c1-5-7(10(15)16)8(13-12-5)11-9(14)6-3-2-4-17-6/h2-4H,1H3,(H,15,16)(H2,11,12,13,14). The quantitative estimate of drug-likeness (QED) is 0.774. The summed E-state index contributed by atoms with van der Waals surface area (Å²) < 4.78 is 0. The van der Waals surface area contributed by atoms with Crippen LogP contribution in [0.15, 0.2) is 17.5 Å². The van der Waals surface area contributed by atoms with Crippen LogP contribution in [0.2, 0.25) is 0 Å². The van der Waals surface area contributed by atoms with E-state index in [-0.39, 0.29) is 17.3 Å². The summed E-state index contributed by atoms with van der Waals surface area (Å²) in [6.07, 6.45) is 0. The van der Waals surface area contributed by atoms with Crippen molar-refractivity contribution in [3.63, 3.8) is 0 Å². The average molecular weight is 251 g/mol. The van der Waals surface area contributed by atoms with Gasteiger partial charge in [0.1, 0.15) is 5.56 Å². The van der Waals surface area contributed by atoms with Crippen LogP contribution in [0.4, 0.5) is 5.82 Å². The molecule has 0 unspecified atom stereocenters. The van der Waals surface area contributed by atoms with Crippen LogP contribution in [-0.4, -0.2) is 27.2 Å². The second kappa shape index (κ2) is 4.38. The number of aromatic nitrogens is 2. The number of nitrogens with one attached hydrogen (secondary N) is 2. The van der Waals surface area contributed by atoms with Crippen LogP contribution in [0.5, 0.6) is 0 Å². The van der Waals surface area contributed by atoms with Crippen molar-refractivity contribution in [2.75, 3.05) is 5.32 Å². The number of amides is 1. The molecule has 0 aliphatic rings. The molecule has 0 atom stereocenters. The van der Waals surface area contributed by atoms with Crippen LogP contribution < -0.4 is 5.32 Å². The Kier molecular flexibility index (Phi) is 2.92. The van der Waals surface area contributed by atoms with Gasteiger partial charge in [-0.1, -0.05) is 6.07 Å². The summed E-state index contributed by atoms with van der Waals surface area (Å²) in [7, 11) is 0. The third-order valence-electron chi connectivity index (χ3n) is 2.14. The monoisotopic (exact) mass is 251 g/mol. The lowest BCUT2D eigenvalue weighted by Crippen LogP contribution is -2.13. The van der Waals surface area contributed by atoms with E-state index in [1.54, 1.807) is 24.4 Å². The molecule has 2 aromatic heterocycles. The molecule has 0 aromatic carbocycles. The maximum atomic E-state index is 11.7. The molecule has 0 aliphatic carbocycles. The van der Waals surface area contributed by atoms with Gasteiger partial charge >= 0.3 is 5.97 Å². The second-order valence-electron chi connectivity index (χ2n) is 3.31. The zero-order chi connectivity index (χ0) is 12.4. The van der Waals surface area contributed by atoms with Crippen molar-refractivity contribution in [3.05, 3.63) is 33.6 Å². The molecule has 88 valence electrons. The molecule has 7 heteroatoms. The van der Waals surface area contributed by atoms with Crippen molar-refractivity contribution in [2.45, 2.75) is 6.92 Å². The van der Waals surface area contributed by atoms with Crippen molar-refractivity contribution < 1.29 is 14.7 Å². The zero-order valence-electron chi connectivity index (χ0n) is 8.85. The number of aromatic amines is 1. The SMILES string of the molecule is Cc1[nH]nc(NC(=O)c2cccs2)c1C(=O)O. The molecular formula is C10H9N3O3S. The third kappa shape index (κ3) is 2.18. The van der Waals surface area contributed by atoms with Gasteiger partial charge in [0.05, 0.1) is 4.88 Å². The maximum absolute atomic E-state index is 11.7. The number of carbonyl (C=O) groups excluding carboxylic acids is 1. The lowest BCUT2D eigenvalue weighted by atomic mass is 10.2. The van der Waals surface area contributed by atoms with Crippen LogP contribution in [0.3, 0.4) is 0 Å². The molecule has 17 heavy (non-hydrogen) atoms. The Morgan fingerprint density at radius 2 is 2.29 bits per heavy atom. The maximum Gasteiger partial charge on any atom is 0.341 e. The lowest BCUT2D eigenvalue weighted by molar-refractivity contribution is 0.0697. The largest absolute Gasteiger partial charge is 0.477 e. The van der Waals surface area contributed by atoms with Gasteiger partial charge in [0.2, 0.25) is 0 Å². The summed E-state index contributed by atoms with van der Waals surface area (Å²) in [4.78, 5) is 23.2. The van der Waals surface area contributed by atoms with E-state index in [0.717, 1.165) is 0 Å². The lowest BCUT2D eigenvalue weighted by Gasteiger charge is -2.00. The number of rotatable bonds is 3. The normalized spacial score (nSPS) is 10.2.